The van der Waals surface area contributed by atoms with E-state index in [1.165, 1.54) is 5.56 Å². The predicted molar refractivity (Wildman–Crippen MR) is 85.5 cm³/mol. The molecule has 104 valence electrons. The number of nitrogens with one attached hydrogen (secondary N) is 1. The van der Waals surface area contributed by atoms with Crippen LogP contribution in [-0.2, 0) is 10.3 Å². The Morgan fingerprint density at radius 2 is 1.65 bits per heavy atom. The summed E-state index contributed by atoms with van der Waals surface area (Å²) in [7, 11) is 0. The number of carbonyl (C=O) groups excluding carboxylic acids is 1. The fourth-order valence-corrected chi connectivity index (χ4v) is 2.25. The number of hydrogen-bond acceptors (Lipinski definition) is 2. The van der Waals surface area contributed by atoms with Crippen LogP contribution in [0, 0.1) is 6.92 Å². The van der Waals surface area contributed by atoms with Gasteiger partial charge in [0.2, 0.25) is 5.91 Å². The lowest BCUT2D eigenvalue weighted by Gasteiger charge is -2.29. The minimum Gasteiger partial charge on any atom is -0.368 e. The monoisotopic (exact) mass is 332 g/mol. The molecule has 0 aliphatic heterocycles. The van der Waals surface area contributed by atoms with E-state index in [1.54, 1.807) is 6.92 Å². The molecular formula is C16H17BrN2O. The van der Waals surface area contributed by atoms with Gasteiger partial charge in [0.1, 0.15) is 5.54 Å². The second-order valence-electron chi connectivity index (χ2n) is 4.99. The van der Waals surface area contributed by atoms with Gasteiger partial charge < -0.3 is 11.1 Å². The molecule has 1 atom stereocenters. The van der Waals surface area contributed by atoms with Crippen LogP contribution in [-0.4, -0.2) is 5.91 Å². The van der Waals surface area contributed by atoms with Gasteiger partial charge >= 0.3 is 0 Å². The molecule has 3 nitrogen and oxygen atoms in total. The van der Waals surface area contributed by atoms with Gasteiger partial charge in [0, 0.05) is 10.2 Å². The lowest BCUT2D eigenvalue weighted by atomic mass is 9.91. The number of hydrogen-bond donors (Lipinski definition) is 2. The molecule has 0 heterocycles. The number of nitrogens with two attached hydrogens (primary N) is 1. The first-order valence-corrected chi connectivity index (χ1v) is 7.12. The third-order valence-electron chi connectivity index (χ3n) is 3.36. The first-order chi connectivity index (χ1) is 9.41. The van der Waals surface area contributed by atoms with Crippen LogP contribution in [0.25, 0.3) is 0 Å². The quantitative estimate of drug-likeness (QED) is 0.899. The first-order valence-electron chi connectivity index (χ1n) is 6.32. The fourth-order valence-electron chi connectivity index (χ4n) is 1.98. The van der Waals surface area contributed by atoms with Gasteiger partial charge in [0.15, 0.2) is 0 Å². The van der Waals surface area contributed by atoms with E-state index < -0.39 is 11.4 Å². The summed E-state index contributed by atoms with van der Waals surface area (Å²) < 4.78 is 0.961. The van der Waals surface area contributed by atoms with Crippen molar-refractivity contribution in [2.45, 2.75) is 19.4 Å². The van der Waals surface area contributed by atoms with Crippen molar-refractivity contribution in [3.63, 3.8) is 0 Å². The van der Waals surface area contributed by atoms with Crippen LogP contribution in [0.3, 0.4) is 0 Å². The molecule has 3 N–H and O–H groups in total. The predicted octanol–water partition coefficient (Wildman–Crippen LogP) is 3.57. The molecule has 1 unspecified atom stereocenters. The fraction of sp³-hybridized carbons (Fsp3) is 0.188. The molecule has 0 bridgehead atoms. The zero-order valence-corrected chi connectivity index (χ0v) is 13.1. The summed E-state index contributed by atoms with van der Waals surface area (Å²) in [6.07, 6.45) is 0. The summed E-state index contributed by atoms with van der Waals surface area (Å²) in [4.78, 5) is 11.9. The largest absolute Gasteiger partial charge is 0.368 e. The molecule has 2 aromatic carbocycles. The van der Waals surface area contributed by atoms with E-state index >= 15 is 0 Å². The molecule has 2 aromatic rings. The van der Waals surface area contributed by atoms with Gasteiger partial charge in [-0.2, -0.15) is 0 Å². The minimum absolute atomic E-state index is 0.416. The zero-order chi connectivity index (χ0) is 14.8. The van der Waals surface area contributed by atoms with Crippen LogP contribution < -0.4 is 11.1 Å². The van der Waals surface area contributed by atoms with E-state index in [0.29, 0.717) is 0 Å². The van der Waals surface area contributed by atoms with Crippen molar-refractivity contribution >= 4 is 27.5 Å². The van der Waals surface area contributed by atoms with Gasteiger partial charge in [-0.3, -0.25) is 4.79 Å². The molecule has 20 heavy (non-hydrogen) atoms. The van der Waals surface area contributed by atoms with E-state index in [1.807, 2.05) is 55.5 Å². The number of anilines is 1. The van der Waals surface area contributed by atoms with Gasteiger partial charge in [-0.05, 0) is 43.7 Å². The molecule has 4 heteroatoms. The van der Waals surface area contributed by atoms with Crippen LogP contribution >= 0.6 is 15.9 Å². The highest BCUT2D eigenvalue weighted by atomic mass is 79.9. The average molecular weight is 333 g/mol. The lowest BCUT2D eigenvalue weighted by molar-refractivity contribution is -0.122. The molecule has 0 saturated carbocycles. The smallest absolute Gasteiger partial charge is 0.247 e. The van der Waals surface area contributed by atoms with Crippen molar-refractivity contribution in [2.75, 3.05) is 5.32 Å². The number of benzene rings is 2. The number of amides is 1. The van der Waals surface area contributed by atoms with Crippen molar-refractivity contribution in [3.05, 3.63) is 64.1 Å². The molecule has 0 spiro atoms. The van der Waals surface area contributed by atoms with E-state index in [0.717, 1.165) is 15.7 Å². The summed E-state index contributed by atoms with van der Waals surface area (Å²) in [5, 5.41) is 3.23. The van der Waals surface area contributed by atoms with Crippen molar-refractivity contribution in [1.82, 2.24) is 0 Å². The Morgan fingerprint density at radius 1 is 1.10 bits per heavy atom. The van der Waals surface area contributed by atoms with Crippen molar-refractivity contribution in [2.24, 2.45) is 5.73 Å². The topological polar surface area (TPSA) is 55.1 Å². The molecule has 0 radical (unpaired) electrons. The highest BCUT2D eigenvalue weighted by molar-refractivity contribution is 9.10. The van der Waals surface area contributed by atoms with Gasteiger partial charge in [-0.25, -0.2) is 0 Å². The van der Waals surface area contributed by atoms with Gasteiger partial charge in [-0.1, -0.05) is 45.8 Å². The van der Waals surface area contributed by atoms with Crippen LogP contribution in [0.1, 0.15) is 18.1 Å². The molecule has 1 amide bonds. The number of rotatable bonds is 4. The highest BCUT2D eigenvalue weighted by Gasteiger charge is 2.33. The van der Waals surface area contributed by atoms with E-state index in [-0.39, 0.29) is 0 Å². The number of halogens is 1. The van der Waals surface area contributed by atoms with Gasteiger partial charge in [0.25, 0.3) is 0 Å². The van der Waals surface area contributed by atoms with Gasteiger partial charge in [0.05, 0.1) is 0 Å². The van der Waals surface area contributed by atoms with Crippen LogP contribution in [0.4, 0.5) is 5.69 Å². The van der Waals surface area contributed by atoms with Crippen molar-refractivity contribution < 1.29 is 4.79 Å². The maximum atomic E-state index is 11.9. The Bertz CT molecular complexity index is 607. The van der Waals surface area contributed by atoms with E-state index in [9.17, 15) is 4.79 Å². The van der Waals surface area contributed by atoms with Crippen LogP contribution in [0.5, 0.6) is 0 Å². The van der Waals surface area contributed by atoms with E-state index in [2.05, 4.69) is 21.2 Å². The van der Waals surface area contributed by atoms with Crippen LogP contribution in [0.2, 0.25) is 0 Å². The second kappa shape index (κ2) is 5.67. The van der Waals surface area contributed by atoms with E-state index in [4.69, 9.17) is 5.73 Å². The summed E-state index contributed by atoms with van der Waals surface area (Å²) in [6, 6.07) is 15.4. The number of aryl methyl sites for hydroxylation is 1. The average Bonchev–Trinajstić information content (AvgIpc) is 2.42. The number of carbonyl (C=O) groups is 1. The van der Waals surface area contributed by atoms with Crippen molar-refractivity contribution in [3.8, 4) is 0 Å². The molecular weight excluding hydrogens is 316 g/mol. The Balaban J connectivity index is 2.37. The lowest BCUT2D eigenvalue weighted by Crippen LogP contribution is -2.45. The summed E-state index contributed by atoms with van der Waals surface area (Å²) in [6.45, 7) is 3.81. The molecule has 0 saturated heterocycles. The maximum Gasteiger partial charge on any atom is 0.247 e. The molecule has 0 aromatic heterocycles. The third kappa shape index (κ3) is 3.02. The van der Waals surface area contributed by atoms with Gasteiger partial charge in [-0.15, -0.1) is 0 Å². The SMILES string of the molecule is Cc1ccc(NC(C)(C(N)=O)c2ccc(Br)cc2)cc1. The Hall–Kier alpha value is -1.81. The van der Waals surface area contributed by atoms with Crippen LogP contribution in [0.15, 0.2) is 53.0 Å². The Morgan fingerprint density at radius 3 is 2.15 bits per heavy atom. The Kier molecular flexibility index (Phi) is 4.14. The summed E-state index contributed by atoms with van der Waals surface area (Å²) >= 11 is 3.39. The summed E-state index contributed by atoms with van der Waals surface area (Å²) in [5.41, 5.74) is 7.51. The normalized spacial score (nSPS) is 13.6. The molecule has 2 rings (SSSR count). The molecule has 0 aliphatic rings. The standard InChI is InChI=1S/C16H17BrN2O/c1-11-3-9-14(10-4-11)19-16(2,15(18)20)12-5-7-13(17)8-6-12/h3-10,19H,1-2H3,(H2,18,20). The third-order valence-corrected chi connectivity index (χ3v) is 3.89. The minimum atomic E-state index is -0.948. The number of primary amides is 1. The second-order valence-corrected chi connectivity index (χ2v) is 5.90. The zero-order valence-electron chi connectivity index (χ0n) is 11.5. The van der Waals surface area contributed by atoms with Crippen molar-refractivity contribution in [1.29, 1.82) is 0 Å². The Labute approximate surface area is 127 Å². The highest BCUT2D eigenvalue weighted by Crippen LogP contribution is 2.27. The first kappa shape index (κ1) is 14.6. The maximum absolute atomic E-state index is 11.9. The molecule has 0 fully saturated rings. The molecule has 0 aliphatic carbocycles. The summed E-state index contributed by atoms with van der Waals surface area (Å²) in [5.74, 6) is -0.416.